The molecule has 60 valence electrons. The third kappa shape index (κ3) is 1.88. The number of rotatable bonds is 2. The summed E-state index contributed by atoms with van der Waals surface area (Å²) in [7, 11) is 1.63. The molecule has 0 aliphatic carbocycles. The first-order valence-corrected chi connectivity index (χ1v) is 3.31. The van der Waals surface area contributed by atoms with E-state index in [1.54, 1.807) is 13.3 Å². The summed E-state index contributed by atoms with van der Waals surface area (Å²) in [6, 6.07) is 0. The van der Waals surface area contributed by atoms with Gasteiger partial charge < -0.3 is 10.5 Å². The lowest BCUT2D eigenvalue weighted by atomic mass is 10.2. The Balaban J connectivity index is 2.90. The van der Waals surface area contributed by atoms with E-state index < -0.39 is 0 Å². The molecule has 0 aromatic carbocycles. The van der Waals surface area contributed by atoms with Crippen molar-refractivity contribution in [1.82, 2.24) is 9.97 Å². The van der Waals surface area contributed by atoms with Crippen LogP contribution in [-0.2, 0) is 11.3 Å². The molecule has 0 aliphatic heterocycles. The number of hydrogen-bond donors (Lipinski definition) is 1. The van der Waals surface area contributed by atoms with Gasteiger partial charge in [-0.25, -0.2) is 9.97 Å². The topological polar surface area (TPSA) is 61.0 Å². The quantitative estimate of drug-likeness (QED) is 0.672. The summed E-state index contributed by atoms with van der Waals surface area (Å²) >= 11 is 0. The number of hydrogen-bond acceptors (Lipinski definition) is 4. The fourth-order valence-electron chi connectivity index (χ4n) is 0.807. The first kappa shape index (κ1) is 7.94. The molecule has 0 atom stereocenters. The molecule has 4 nitrogen and oxygen atoms in total. The van der Waals surface area contributed by atoms with Crippen LogP contribution in [0.1, 0.15) is 11.3 Å². The number of aromatic nitrogens is 2. The number of aryl methyl sites for hydroxylation is 1. The molecule has 1 rings (SSSR count). The summed E-state index contributed by atoms with van der Waals surface area (Å²) < 4.78 is 4.93. The van der Waals surface area contributed by atoms with Crippen LogP contribution in [0.25, 0.3) is 0 Å². The molecule has 0 spiro atoms. The van der Waals surface area contributed by atoms with E-state index in [1.165, 1.54) is 0 Å². The highest BCUT2D eigenvalue weighted by atomic mass is 16.5. The third-order valence-corrected chi connectivity index (χ3v) is 1.40. The molecule has 1 aromatic heterocycles. The van der Waals surface area contributed by atoms with Crippen LogP contribution in [0.4, 0.5) is 5.95 Å². The van der Waals surface area contributed by atoms with Gasteiger partial charge in [-0.1, -0.05) is 0 Å². The van der Waals surface area contributed by atoms with Crippen LogP contribution in [0.2, 0.25) is 0 Å². The smallest absolute Gasteiger partial charge is 0.220 e. The van der Waals surface area contributed by atoms with Crippen LogP contribution < -0.4 is 5.73 Å². The summed E-state index contributed by atoms with van der Waals surface area (Å²) in [4.78, 5) is 7.82. The van der Waals surface area contributed by atoms with Gasteiger partial charge in [0.2, 0.25) is 5.95 Å². The average Bonchev–Trinajstić information content (AvgIpc) is 1.95. The lowest BCUT2D eigenvalue weighted by Crippen LogP contribution is -2.01. The molecule has 0 aliphatic rings. The van der Waals surface area contributed by atoms with Crippen molar-refractivity contribution in [2.45, 2.75) is 13.5 Å². The van der Waals surface area contributed by atoms with Gasteiger partial charge in [0, 0.05) is 24.6 Å². The monoisotopic (exact) mass is 153 g/mol. The van der Waals surface area contributed by atoms with Gasteiger partial charge in [-0.2, -0.15) is 0 Å². The molecule has 11 heavy (non-hydrogen) atoms. The molecular weight excluding hydrogens is 142 g/mol. The predicted molar refractivity (Wildman–Crippen MR) is 41.9 cm³/mol. The Morgan fingerprint density at radius 1 is 1.64 bits per heavy atom. The summed E-state index contributed by atoms with van der Waals surface area (Å²) in [6.45, 7) is 2.42. The molecule has 1 heterocycles. The van der Waals surface area contributed by atoms with E-state index in [1.807, 2.05) is 6.92 Å². The lowest BCUT2D eigenvalue weighted by Gasteiger charge is -2.02. The molecule has 0 radical (unpaired) electrons. The molecule has 1 aromatic rings. The molecule has 0 saturated heterocycles. The van der Waals surface area contributed by atoms with Crippen LogP contribution in [0.15, 0.2) is 6.20 Å². The first-order valence-electron chi connectivity index (χ1n) is 3.31. The SMILES string of the molecule is COCc1cnc(N)nc1C. The van der Waals surface area contributed by atoms with Crippen LogP contribution >= 0.6 is 0 Å². The fraction of sp³-hybridized carbons (Fsp3) is 0.429. The van der Waals surface area contributed by atoms with Crippen molar-refractivity contribution in [3.05, 3.63) is 17.5 Å². The van der Waals surface area contributed by atoms with E-state index in [2.05, 4.69) is 9.97 Å². The summed E-state index contributed by atoms with van der Waals surface area (Å²) in [5.41, 5.74) is 7.21. The molecule has 0 bridgehead atoms. The molecular formula is C7H11N3O. The summed E-state index contributed by atoms with van der Waals surface area (Å²) in [5.74, 6) is 0.308. The zero-order chi connectivity index (χ0) is 8.27. The van der Waals surface area contributed by atoms with E-state index in [4.69, 9.17) is 10.5 Å². The molecule has 4 heteroatoms. The Bertz CT molecular complexity index is 249. The van der Waals surface area contributed by atoms with Gasteiger partial charge in [-0.3, -0.25) is 0 Å². The largest absolute Gasteiger partial charge is 0.380 e. The highest BCUT2D eigenvalue weighted by Gasteiger charge is 1.99. The van der Waals surface area contributed by atoms with Crippen LogP contribution in [0, 0.1) is 6.92 Å². The predicted octanol–water partition coefficient (Wildman–Crippen LogP) is 0.514. The highest BCUT2D eigenvalue weighted by Crippen LogP contribution is 2.05. The molecule has 0 saturated carbocycles. The maximum atomic E-state index is 5.36. The summed E-state index contributed by atoms with van der Waals surface area (Å²) in [6.07, 6.45) is 1.68. The first-order chi connectivity index (χ1) is 5.24. The Kier molecular flexibility index (Phi) is 2.38. The molecule has 0 unspecified atom stereocenters. The van der Waals surface area contributed by atoms with Gasteiger partial charge in [-0.05, 0) is 6.92 Å². The fourth-order valence-corrected chi connectivity index (χ4v) is 0.807. The number of ether oxygens (including phenoxy) is 1. The molecule has 0 amide bonds. The molecule has 0 fully saturated rings. The zero-order valence-corrected chi connectivity index (χ0v) is 6.66. The van der Waals surface area contributed by atoms with Gasteiger partial charge >= 0.3 is 0 Å². The van der Waals surface area contributed by atoms with Crippen LogP contribution in [0.5, 0.6) is 0 Å². The van der Waals surface area contributed by atoms with Crippen molar-refractivity contribution in [1.29, 1.82) is 0 Å². The number of methoxy groups -OCH3 is 1. The minimum atomic E-state index is 0.308. The third-order valence-electron chi connectivity index (χ3n) is 1.40. The van der Waals surface area contributed by atoms with Crippen LogP contribution in [-0.4, -0.2) is 17.1 Å². The normalized spacial score (nSPS) is 10.0. The Hall–Kier alpha value is -1.16. The maximum absolute atomic E-state index is 5.36. The van der Waals surface area contributed by atoms with E-state index >= 15 is 0 Å². The van der Waals surface area contributed by atoms with Gasteiger partial charge in [0.05, 0.1) is 6.61 Å². The van der Waals surface area contributed by atoms with Crippen molar-refractivity contribution in [3.8, 4) is 0 Å². The number of nitrogens with zero attached hydrogens (tertiary/aromatic N) is 2. The number of anilines is 1. The van der Waals surface area contributed by atoms with Gasteiger partial charge in [0.15, 0.2) is 0 Å². The average molecular weight is 153 g/mol. The van der Waals surface area contributed by atoms with Gasteiger partial charge in [0.25, 0.3) is 0 Å². The van der Waals surface area contributed by atoms with Crippen molar-refractivity contribution >= 4 is 5.95 Å². The summed E-state index contributed by atoms with van der Waals surface area (Å²) in [5, 5.41) is 0. The van der Waals surface area contributed by atoms with E-state index in [0.717, 1.165) is 11.3 Å². The van der Waals surface area contributed by atoms with Crippen LogP contribution in [0.3, 0.4) is 0 Å². The minimum absolute atomic E-state index is 0.308. The number of nitrogens with two attached hydrogens (primary N) is 1. The van der Waals surface area contributed by atoms with Crippen molar-refractivity contribution in [3.63, 3.8) is 0 Å². The highest BCUT2D eigenvalue weighted by molar-refractivity contribution is 5.23. The van der Waals surface area contributed by atoms with Gasteiger partial charge in [0.1, 0.15) is 0 Å². The Morgan fingerprint density at radius 3 is 2.91 bits per heavy atom. The Labute approximate surface area is 65.4 Å². The number of nitrogen functional groups attached to an aromatic ring is 1. The van der Waals surface area contributed by atoms with Crippen molar-refractivity contribution < 1.29 is 4.74 Å². The standard InChI is InChI=1S/C7H11N3O/c1-5-6(4-11-2)3-9-7(8)10-5/h3H,4H2,1-2H3,(H2,8,9,10). The van der Waals surface area contributed by atoms with E-state index in [0.29, 0.717) is 12.6 Å². The zero-order valence-electron chi connectivity index (χ0n) is 6.66. The second-order valence-electron chi connectivity index (χ2n) is 2.27. The van der Waals surface area contributed by atoms with E-state index in [9.17, 15) is 0 Å². The lowest BCUT2D eigenvalue weighted by molar-refractivity contribution is 0.183. The minimum Gasteiger partial charge on any atom is -0.380 e. The van der Waals surface area contributed by atoms with E-state index in [-0.39, 0.29) is 0 Å². The maximum Gasteiger partial charge on any atom is 0.220 e. The van der Waals surface area contributed by atoms with Crippen molar-refractivity contribution in [2.75, 3.05) is 12.8 Å². The Morgan fingerprint density at radius 2 is 2.36 bits per heavy atom. The second kappa shape index (κ2) is 3.30. The van der Waals surface area contributed by atoms with Crippen molar-refractivity contribution in [2.24, 2.45) is 0 Å². The second-order valence-corrected chi connectivity index (χ2v) is 2.27. The molecule has 2 N–H and O–H groups in total. The van der Waals surface area contributed by atoms with Gasteiger partial charge in [-0.15, -0.1) is 0 Å².